The van der Waals surface area contributed by atoms with E-state index in [9.17, 15) is 4.79 Å². The van der Waals surface area contributed by atoms with Crippen LogP contribution in [0.1, 0.15) is 38.6 Å². The first-order valence-electron chi connectivity index (χ1n) is 6.85. The van der Waals surface area contributed by atoms with E-state index >= 15 is 0 Å². The smallest absolute Gasteiger partial charge is 0.239 e. The quantitative estimate of drug-likeness (QED) is 0.806. The van der Waals surface area contributed by atoms with Gasteiger partial charge in [-0.05, 0) is 13.3 Å². The standard InChI is InChI=1S/C14H21ClN4O/c1-9-11(15)17-13(14(2,3)4)18-12(9)19-7-5-6-16-10(20)8-19/h5-8H2,1-4H3,(H,16,20). The van der Waals surface area contributed by atoms with Crippen molar-refractivity contribution in [2.24, 2.45) is 0 Å². The Morgan fingerprint density at radius 1 is 1.30 bits per heavy atom. The molecule has 0 unspecified atom stereocenters. The molecule has 1 aliphatic rings. The van der Waals surface area contributed by atoms with Crippen molar-refractivity contribution < 1.29 is 4.79 Å². The number of nitrogens with zero attached hydrogens (tertiary/aromatic N) is 3. The van der Waals surface area contributed by atoms with Crippen LogP contribution in [0.3, 0.4) is 0 Å². The van der Waals surface area contributed by atoms with Crippen molar-refractivity contribution in [1.82, 2.24) is 15.3 Å². The summed E-state index contributed by atoms with van der Waals surface area (Å²) in [5, 5.41) is 3.33. The zero-order chi connectivity index (χ0) is 14.9. The van der Waals surface area contributed by atoms with E-state index < -0.39 is 0 Å². The fourth-order valence-corrected chi connectivity index (χ4v) is 2.27. The van der Waals surface area contributed by atoms with E-state index in [2.05, 4.69) is 15.3 Å². The van der Waals surface area contributed by atoms with Crippen LogP contribution in [-0.2, 0) is 10.2 Å². The second-order valence-electron chi connectivity index (χ2n) is 6.16. The average Bonchev–Trinajstić information content (AvgIpc) is 2.55. The van der Waals surface area contributed by atoms with Crippen LogP contribution < -0.4 is 10.2 Å². The van der Waals surface area contributed by atoms with Crippen LogP contribution in [0.15, 0.2) is 0 Å². The van der Waals surface area contributed by atoms with Gasteiger partial charge in [0.15, 0.2) is 0 Å². The Hall–Kier alpha value is -1.36. The van der Waals surface area contributed by atoms with Crippen LogP contribution >= 0.6 is 11.6 Å². The number of aromatic nitrogens is 2. The molecule has 0 aromatic carbocycles. The van der Waals surface area contributed by atoms with Crippen molar-refractivity contribution in [3.8, 4) is 0 Å². The van der Waals surface area contributed by atoms with Crippen molar-refractivity contribution in [2.45, 2.75) is 39.5 Å². The maximum atomic E-state index is 11.7. The highest BCUT2D eigenvalue weighted by molar-refractivity contribution is 6.30. The monoisotopic (exact) mass is 296 g/mol. The van der Waals surface area contributed by atoms with Gasteiger partial charge < -0.3 is 10.2 Å². The molecular weight excluding hydrogens is 276 g/mol. The van der Waals surface area contributed by atoms with Crippen molar-refractivity contribution >= 4 is 23.3 Å². The molecule has 1 aliphatic heterocycles. The van der Waals surface area contributed by atoms with Gasteiger partial charge in [-0.1, -0.05) is 32.4 Å². The molecule has 0 saturated carbocycles. The second-order valence-corrected chi connectivity index (χ2v) is 6.52. The van der Waals surface area contributed by atoms with Gasteiger partial charge in [0.1, 0.15) is 16.8 Å². The van der Waals surface area contributed by atoms with Gasteiger partial charge in [0.25, 0.3) is 0 Å². The molecule has 0 aliphatic carbocycles. The topological polar surface area (TPSA) is 58.1 Å². The summed E-state index contributed by atoms with van der Waals surface area (Å²) >= 11 is 6.24. The molecule has 110 valence electrons. The minimum absolute atomic E-state index is 0.0222. The van der Waals surface area contributed by atoms with E-state index in [-0.39, 0.29) is 11.3 Å². The molecule has 2 rings (SSSR count). The highest BCUT2D eigenvalue weighted by atomic mass is 35.5. The SMILES string of the molecule is Cc1c(Cl)nc(C(C)(C)C)nc1N1CCCNC(=O)C1. The molecule has 1 aromatic heterocycles. The lowest BCUT2D eigenvalue weighted by atomic mass is 9.95. The zero-order valence-corrected chi connectivity index (χ0v) is 13.2. The van der Waals surface area contributed by atoms with Crippen LogP contribution in [0.25, 0.3) is 0 Å². The Kier molecular flexibility index (Phi) is 4.18. The van der Waals surface area contributed by atoms with Gasteiger partial charge in [0.2, 0.25) is 5.91 Å². The van der Waals surface area contributed by atoms with Crippen LogP contribution in [0.5, 0.6) is 0 Å². The minimum atomic E-state index is -0.180. The Balaban J connectivity index is 2.44. The maximum Gasteiger partial charge on any atom is 0.239 e. The Morgan fingerprint density at radius 3 is 2.65 bits per heavy atom. The van der Waals surface area contributed by atoms with Crippen LogP contribution in [0.4, 0.5) is 5.82 Å². The minimum Gasteiger partial charge on any atom is -0.354 e. The third-order valence-electron chi connectivity index (χ3n) is 3.29. The summed E-state index contributed by atoms with van der Waals surface area (Å²) in [7, 11) is 0. The van der Waals surface area contributed by atoms with E-state index in [1.54, 1.807) is 0 Å². The molecule has 0 bridgehead atoms. The molecule has 5 nitrogen and oxygen atoms in total. The van der Waals surface area contributed by atoms with Crippen molar-refractivity contribution in [3.05, 3.63) is 16.5 Å². The third-order valence-corrected chi connectivity index (χ3v) is 3.66. The summed E-state index contributed by atoms with van der Waals surface area (Å²) in [5.41, 5.74) is 0.648. The maximum absolute atomic E-state index is 11.7. The summed E-state index contributed by atoms with van der Waals surface area (Å²) in [6.07, 6.45) is 0.900. The number of halogens is 1. The summed E-state index contributed by atoms with van der Waals surface area (Å²) in [6.45, 7) is 9.85. The predicted octanol–water partition coefficient (Wildman–Crippen LogP) is 2.06. The van der Waals surface area contributed by atoms with Crippen molar-refractivity contribution in [2.75, 3.05) is 24.5 Å². The molecule has 1 N–H and O–H groups in total. The van der Waals surface area contributed by atoms with Gasteiger partial charge in [-0.2, -0.15) is 0 Å². The number of nitrogens with one attached hydrogen (secondary N) is 1. The molecule has 1 aromatic rings. The lowest BCUT2D eigenvalue weighted by Crippen LogP contribution is -2.34. The van der Waals surface area contributed by atoms with Gasteiger partial charge in [0, 0.05) is 24.1 Å². The van der Waals surface area contributed by atoms with Crippen molar-refractivity contribution in [1.29, 1.82) is 0 Å². The fraction of sp³-hybridized carbons (Fsp3) is 0.643. The molecule has 2 heterocycles. The molecule has 1 saturated heterocycles. The number of rotatable bonds is 1. The summed E-state index contributed by atoms with van der Waals surface area (Å²) < 4.78 is 0. The molecule has 1 fully saturated rings. The molecule has 0 spiro atoms. The molecular formula is C14H21ClN4O. The highest BCUT2D eigenvalue weighted by Gasteiger charge is 2.24. The number of carbonyl (C=O) groups is 1. The fourth-order valence-electron chi connectivity index (χ4n) is 2.11. The molecule has 0 atom stereocenters. The van der Waals surface area contributed by atoms with Crippen LogP contribution in [0, 0.1) is 6.92 Å². The Morgan fingerprint density at radius 2 is 2.00 bits per heavy atom. The lowest BCUT2D eigenvalue weighted by Gasteiger charge is -2.25. The number of carbonyl (C=O) groups excluding carboxylic acids is 1. The first-order valence-corrected chi connectivity index (χ1v) is 7.23. The zero-order valence-electron chi connectivity index (χ0n) is 12.5. The largest absolute Gasteiger partial charge is 0.354 e. The van der Waals surface area contributed by atoms with Gasteiger partial charge in [-0.3, -0.25) is 4.79 Å². The van der Waals surface area contributed by atoms with E-state index in [1.165, 1.54) is 0 Å². The normalized spacial score (nSPS) is 16.9. The summed E-state index contributed by atoms with van der Waals surface area (Å²) in [6, 6.07) is 0. The molecule has 0 radical (unpaired) electrons. The molecule has 6 heteroatoms. The number of hydrogen-bond acceptors (Lipinski definition) is 4. The first-order chi connectivity index (χ1) is 9.29. The van der Waals surface area contributed by atoms with E-state index in [1.807, 2.05) is 32.6 Å². The molecule has 1 amide bonds. The van der Waals surface area contributed by atoms with E-state index in [4.69, 9.17) is 11.6 Å². The first kappa shape index (κ1) is 15.0. The Labute approximate surface area is 124 Å². The van der Waals surface area contributed by atoms with Gasteiger partial charge in [-0.25, -0.2) is 9.97 Å². The van der Waals surface area contributed by atoms with Crippen LogP contribution in [-0.4, -0.2) is 35.5 Å². The van der Waals surface area contributed by atoms with Gasteiger partial charge >= 0.3 is 0 Å². The van der Waals surface area contributed by atoms with E-state index in [0.717, 1.165) is 24.3 Å². The average molecular weight is 297 g/mol. The second kappa shape index (κ2) is 5.56. The third kappa shape index (κ3) is 3.20. The van der Waals surface area contributed by atoms with Gasteiger partial charge in [0.05, 0.1) is 6.54 Å². The summed E-state index contributed by atoms with van der Waals surface area (Å²) in [4.78, 5) is 22.7. The Bertz CT molecular complexity index is 525. The van der Waals surface area contributed by atoms with Crippen molar-refractivity contribution in [3.63, 3.8) is 0 Å². The summed E-state index contributed by atoms with van der Waals surface area (Å²) in [5.74, 6) is 1.49. The lowest BCUT2D eigenvalue weighted by molar-refractivity contribution is -0.119. The number of amides is 1. The number of anilines is 1. The number of hydrogen-bond donors (Lipinski definition) is 1. The highest BCUT2D eigenvalue weighted by Crippen LogP contribution is 2.28. The predicted molar refractivity (Wildman–Crippen MR) is 80.3 cm³/mol. The van der Waals surface area contributed by atoms with E-state index in [0.29, 0.717) is 24.1 Å². The van der Waals surface area contributed by atoms with Gasteiger partial charge in [-0.15, -0.1) is 0 Å². The van der Waals surface area contributed by atoms with Crippen LogP contribution in [0.2, 0.25) is 5.15 Å². The molecule has 20 heavy (non-hydrogen) atoms.